The van der Waals surface area contributed by atoms with Gasteiger partial charge in [-0.1, -0.05) is 6.07 Å². The predicted molar refractivity (Wildman–Crippen MR) is 130 cm³/mol. The maximum absolute atomic E-state index is 15.1. The van der Waals surface area contributed by atoms with Crippen LogP contribution in [0.3, 0.4) is 0 Å². The number of benzene rings is 2. The van der Waals surface area contributed by atoms with Crippen LogP contribution < -0.4 is 15.3 Å². The van der Waals surface area contributed by atoms with Crippen LogP contribution >= 0.6 is 0 Å². The molecule has 3 heterocycles. The Balaban J connectivity index is 1.30. The van der Waals surface area contributed by atoms with E-state index in [1.165, 1.54) is 24.7 Å². The van der Waals surface area contributed by atoms with E-state index in [0.29, 0.717) is 24.6 Å². The third-order valence-electron chi connectivity index (χ3n) is 6.13. The van der Waals surface area contributed by atoms with Crippen LogP contribution in [-0.2, 0) is 11.3 Å². The van der Waals surface area contributed by atoms with Gasteiger partial charge in [0.05, 0.1) is 18.3 Å². The minimum Gasteiger partial charge on any atom is -0.454 e. The van der Waals surface area contributed by atoms with Crippen molar-refractivity contribution < 1.29 is 22.6 Å². The molecule has 1 unspecified atom stereocenters. The number of nitrogens with zero attached hydrogens (tertiary/aromatic N) is 5. The van der Waals surface area contributed by atoms with Gasteiger partial charge in [0.15, 0.2) is 11.6 Å². The molecule has 1 aliphatic rings. The number of hydrogen-bond acceptors (Lipinski definition) is 6. The molecule has 37 heavy (non-hydrogen) atoms. The minimum atomic E-state index is -0.745. The molecule has 0 N–H and O–H groups in total. The van der Waals surface area contributed by atoms with Crippen molar-refractivity contribution >= 4 is 5.82 Å². The zero-order chi connectivity index (χ0) is 25.9. The highest BCUT2D eigenvalue weighted by molar-refractivity contribution is 5.47. The molecule has 0 aliphatic carbocycles. The van der Waals surface area contributed by atoms with Gasteiger partial charge in [0.1, 0.15) is 23.7 Å². The molecule has 11 heteroatoms. The molecule has 0 amide bonds. The third kappa shape index (κ3) is 5.21. The van der Waals surface area contributed by atoms with Crippen molar-refractivity contribution in [2.45, 2.75) is 25.5 Å². The lowest BCUT2D eigenvalue weighted by atomic mass is 10.2. The zero-order valence-electron chi connectivity index (χ0n) is 20.0. The average Bonchev–Trinajstić information content (AvgIpc) is 3.53. The molecule has 0 bridgehead atoms. The molecule has 0 radical (unpaired) electrons. The Kier molecular flexibility index (Phi) is 6.95. The normalized spacial score (nSPS) is 15.2. The van der Waals surface area contributed by atoms with Gasteiger partial charge in [0.2, 0.25) is 5.82 Å². The quantitative estimate of drug-likeness (QED) is 0.351. The molecule has 4 aromatic rings. The Morgan fingerprint density at radius 2 is 1.86 bits per heavy atom. The molecule has 2 aromatic carbocycles. The lowest BCUT2D eigenvalue weighted by Crippen LogP contribution is -2.29. The van der Waals surface area contributed by atoms with E-state index in [1.54, 1.807) is 36.2 Å². The molecule has 1 aliphatic heterocycles. The first-order valence-electron chi connectivity index (χ1n) is 11.7. The fourth-order valence-corrected chi connectivity index (χ4v) is 4.20. The smallest absolute Gasteiger partial charge is 0.350 e. The van der Waals surface area contributed by atoms with Gasteiger partial charge in [-0.25, -0.2) is 18.6 Å². The summed E-state index contributed by atoms with van der Waals surface area (Å²) in [5.41, 5.74) is -0.402. The van der Waals surface area contributed by atoms with Crippen LogP contribution in [-0.4, -0.2) is 45.6 Å². The van der Waals surface area contributed by atoms with Gasteiger partial charge >= 0.3 is 5.69 Å². The molecular weight excluding hydrogens is 487 g/mol. The number of ether oxygens (including phenoxy) is 2. The van der Waals surface area contributed by atoms with E-state index in [1.807, 2.05) is 0 Å². The van der Waals surface area contributed by atoms with Gasteiger partial charge in [0, 0.05) is 38.0 Å². The SMILES string of the molecule is CN(CC1CCCO1)c1nccc(Oc2ccc(-n3ncn(Cc4c(F)cccc4F)c3=O)cc2)c1F. The summed E-state index contributed by atoms with van der Waals surface area (Å²) in [7, 11) is 1.75. The number of aromatic nitrogens is 4. The van der Waals surface area contributed by atoms with Crippen molar-refractivity contribution in [1.29, 1.82) is 0 Å². The maximum Gasteiger partial charge on any atom is 0.350 e. The lowest BCUT2D eigenvalue weighted by Gasteiger charge is -2.22. The van der Waals surface area contributed by atoms with E-state index in [4.69, 9.17) is 9.47 Å². The third-order valence-corrected chi connectivity index (χ3v) is 6.13. The summed E-state index contributed by atoms with van der Waals surface area (Å²) in [6.45, 7) is 0.931. The monoisotopic (exact) mass is 511 g/mol. The second kappa shape index (κ2) is 10.5. The fourth-order valence-electron chi connectivity index (χ4n) is 4.20. The van der Waals surface area contributed by atoms with Crippen LogP contribution in [0.1, 0.15) is 18.4 Å². The molecule has 2 aromatic heterocycles. The van der Waals surface area contributed by atoms with Crippen LogP contribution in [0, 0.1) is 17.5 Å². The van der Waals surface area contributed by atoms with Gasteiger partial charge in [-0.05, 0) is 49.2 Å². The Morgan fingerprint density at radius 1 is 1.11 bits per heavy atom. The van der Waals surface area contributed by atoms with E-state index >= 15 is 4.39 Å². The van der Waals surface area contributed by atoms with E-state index in [0.717, 1.165) is 34.2 Å². The van der Waals surface area contributed by atoms with Gasteiger partial charge in [-0.15, -0.1) is 0 Å². The van der Waals surface area contributed by atoms with Crippen molar-refractivity contribution in [3.8, 4) is 17.2 Å². The summed E-state index contributed by atoms with van der Waals surface area (Å²) in [4.78, 5) is 18.6. The number of pyridine rings is 1. The number of halogens is 3. The molecular formula is C26H24F3N5O3. The molecule has 1 saturated heterocycles. The van der Waals surface area contributed by atoms with Crippen molar-refractivity contribution in [3.63, 3.8) is 0 Å². The Morgan fingerprint density at radius 3 is 2.57 bits per heavy atom. The molecule has 0 spiro atoms. The lowest BCUT2D eigenvalue weighted by molar-refractivity contribution is 0.116. The topological polar surface area (TPSA) is 74.4 Å². The molecule has 5 rings (SSSR count). The Labute approximate surface area is 210 Å². The Hall–Kier alpha value is -4.12. The second-order valence-electron chi connectivity index (χ2n) is 8.71. The summed E-state index contributed by atoms with van der Waals surface area (Å²) in [5.74, 6) is -1.58. The van der Waals surface area contributed by atoms with E-state index in [-0.39, 0.29) is 29.8 Å². The predicted octanol–water partition coefficient (Wildman–Crippen LogP) is 4.30. The first-order valence-corrected chi connectivity index (χ1v) is 11.7. The number of likely N-dealkylation sites (N-methyl/N-ethyl adjacent to an activating group) is 1. The van der Waals surface area contributed by atoms with Crippen molar-refractivity contribution in [1.82, 2.24) is 19.3 Å². The van der Waals surface area contributed by atoms with Crippen LogP contribution in [0.5, 0.6) is 11.5 Å². The maximum atomic E-state index is 15.1. The number of rotatable bonds is 8. The first-order chi connectivity index (χ1) is 17.9. The van der Waals surface area contributed by atoms with Gasteiger partial charge < -0.3 is 14.4 Å². The highest BCUT2D eigenvalue weighted by atomic mass is 19.1. The molecule has 1 fully saturated rings. The first kappa shape index (κ1) is 24.6. The summed E-state index contributed by atoms with van der Waals surface area (Å²) in [6, 6.07) is 11.2. The number of hydrogen-bond donors (Lipinski definition) is 0. The minimum absolute atomic E-state index is 0.00491. The summed E-state index contributed by atoms with van der Waals surface area (Å²) < 4.78 is 56.6. The van der Waals surface area contributed by atoms with Crippen molar-refractivity contribution in [2.24, 2.45) is 0 Å². The largest absolute Gasteiger partial charge is 0.454 e. The van der Waals surface area contributed by atoms with Crippen molar-refractivity contribution in [2.75, 3.05) is 25.1 Å². The fraction of sp³-hybridized carbons (Fsp3) is 0.269. The van der Waals surface area contributed by atoms with Gasteiger partial charge in [-0.2, -0.15) is 14.2 Å². The molecule has 1 atom stereocenters. The van der Waals surface area contributed by atoms with E-state index in [9.17, 15) is 13.6 Å². The summed E-state index contributed by atoms with van der Waals surface area (Å²) in [5, 5.41) is 4.04. The van der Waals surface area contributed by atoms with Gasteiger partial charge in [-0.3, -0.25) is 4.57 Å². The van der Waals surface area contributed by atoms with E-state index in [2.05, 4.69) is 10.1 Å². The van der Waals surface area contributed by atoms with Crippen LogP contribution in [0.25, 0.3) is 5.69 Å². The summed E-state index contributed by atoms with van der Waals surface area (Å²) >= 11 is 0. The number of anilines is 1. The standard InChI is InChI=1S/C26H24F3N5O3/c1-32(14-19-4-3-13-36-19)25-24(29)23(11-12-30-25)37-18-9-7-17(8-10-18)34-26(35)33(16-31-34)15-20-21(27)5-2-6-22(20)28/h2,5-12,16,19H,3-4,13-15H2,1H3. The highest BCUT2D eigenvalue weighted by Gasteiger charge is 2.21. The van der Waals surface area contributed by atoms with E-state index < -0.39 is 23.1 Å². The molecule has 192 valence electrons. The van der Waals surface area contributed by atoms with Crippen LogP contribution in [0.4, 0.5) is 19.0 Å². The Bertz CT molecular complexity index is 1430. The zero-order valence-corrected chi connectivity index (χ0v) is 20.0. The average molecular weight is 512 g/mol. The van der Waals surface area contributed by atoms with Crippen molar-refractivity contribution in [3.05, 3.63) is 94.6 Å². The second-order valence-corrected chi connectivity index (χ2v) is 8.71. The molecule has 8 nitrogen and oxygen atoms in total. The van der Waals surface area contributed by atoms with Gasteiger partial charge in [0.25, 0.3) is 0 Å². The van der Waals surface area contributed by atoms with Crippen LogP contribution in [0.15, 0.2) is 65.8 Å². The highest BCUT2D eigenvalue weighted by Crippen LogP contribution is 2.30. The summed E-state index contributed by atoms with van der Waals surface area (Å²) in [6.07, 6.45) is 4.64. The van der Waals surface area contributed by atoms with Crippen LogP contribution in [0.2, 0.25) is 0 Å². The molecule has 0 saturated carbocycles.